The van der Waals surface area contributed by atoms with Crippen molar-refractivity contribution in [3.63, 3.8) is 0 Å². The van der Waals surface area contributed by atoms with Crippen LogP contribution in [0.3, 0.4) is 0 Å². The van der Waals surface area contributed by atoms with Gasteiger partial charge in [-0.2, -0.15) is 5.26 Å². The van der Waals surface area contributed by atoms with Crippen molar-refractivity contribution in [1.29, 1.82) is 5.26 Å². The summed E-state index contributed by atoms with van der Waals surface area (Å²) in [4.78, 5) is 14.1. The van der Waals surface area contributed by atoms with Crippen LogP contribution < -0.4 is 10.1 Å². The number of ether oxygens (including phenoxy) is 1. The summed E-state index contributed by atoms with van der Waals surface area (Å²) in [5.74, 6) is 0.491. The van der Waals surface area contributed by atoms with Crippen LogP contribution in [-0.4, -0.2) is 43.6 Å². The Kier molecular flexibility index (Phi) is 6.72. The van der Waals surface area contributed by atoms with Crippen molar-refractivity contribution in [3.05, 3.63) is 29.8 Å². The zero-order chi connectivity index (χ0) is 15.6. The maximum atomic E-state index is 11.7. The van der Waals surface area contributed by atoms with Gasteiger partial charge < -0.3 is 15.0 Å². The molecule has 1 aliphatic heterocycles. The molecule has 1 saturated heterocycles. The van der Waals surface area contributed by atoms with Gasteiger partial charge in [0.25, 0.3) is 5.91 Å². The number of nitrogens with zero attached hydrogens (tertiary/aromatic N) is 2. The van der Waals surface area contributed by atoms with E-state index >= 15 is 0 Å². The summed E-state index contributed by atoms with van der Waals surface area (Å²) >= 11 is 0. The Morgan fingerprint density at radius 1 is 1.23 bits per heavy atom. The number of benzene rings is 1. The first kappa shape index (κ1) is 16.3. The number of hydrogen-bond acceptors (Lipinski definition) is 4. The zero-order valence-electron chi connectivity index (χ0n) is 12.9. The Balaban J connectivity index is 1.56. The van der Waals surface area contributed by atoms with Crippen LogP contribution in [0.25, 0.3) is 0 Å². The largest absolute Gasteiger partial charge is 0.484 e. The highest BCUT2D eigenvalue weighted by molar-refractivity contribution is 5.77. The van der Waals surface area contributed by atoms with E-state index in [9.17, 15) is 4.79 Å². The first-order valence-corrected chi connectivity index (χ1v) is 7.90. The molecular formula is C17H23N3O2. The lowest BCUT2D eigenvalue weighted by molar-refractivity contribution is -0.123. The lowest BCUT2D eigenvalue weighted by Crippen LogP contribution is -2.34. The highest BCUT2D eigenvalue weighted by atomic mass is 16.5. The number of nitrogens with one attached hydrogen (secondary N) is 1. The average Bonchev–Trinajstić information content (AvgIpc) is 2.58. The predicted octanol–water partition coefficient (Wildman–Crippen LogP) is 1.93. The van der Waals surface area contributed by atoms with Gasteiger partial charge >= 0.3 is 0 Å². The molecular weight excluding hydrogens is 278 g/mol. The fourth-order valence-corrected chi connectivity index (χ4v) is 2.54. The van der Waals surface area contributed by atoms with Gasteiger partial charge in [0.15, 0.2) is 6.61 Å². The van der Waals surface area contributed by atoms with E-state index in [1.54, 1.807) is 24.3 Å². The summed E-state index contributed by atoms with van der Waals surface area (Å²) in [5, 5.41) is 11.6. The molecule has 0 atom stereocenters. The molecule has 2 rings (SSSR count). The Labute approximate surface area is 131 Å². The highest BCUT2D eigenvalue weighted by Gasteiger charge is 2.09. The van der Waals surface area contributed by atoms with Crippen molar-refractivity contribution < 1.29 is 9.53 Å². The minimum Gasteiger partial charge on any atom is -0.484 e. The molecule has 1 aromatic rings. The van der Waals surface area contributed by atoms with E-state index in [1.807, 2.05) is 6.07 Å². The summed E-state index contributed by atoms with van der Waals surface area (Å²) in [6.07, 6.45) is 4.91. The second kappa shape index (κ2) is 9.06. The van der Waals surface area contributed by atoms with E-state index < -0.39 is 0 Å². The molecule has 0 bridgehead atoms. The molecule has 5 heteroatoms. The number of piperidine rings is 1. The third-order valence-corrected chi connectivity index (χ3v) is 3.78. The molecule has 1 aliphatic rings. The summed E-state index contributed by atoms with van der Waals surface area (Å²) in [6.45, 7) is 4.13. The smallest absolute Gasteiger partial charge is 0.257 e. The van der Waals surface area contributed by atoms with Crippen LogP contribution in [0, 0.1) is 11.3 Å². The van der Waals surface area contributed by atoms with Crippen LogP contribution in [-0.2, 0) is 4.79 Å². The molecule has 1 heterocycles. The first-order chi connectivity index (χ1) is 10.8. The SMILES string of the molecule is N#Cc1ccc(OCC(=O)NCCCN2CCCCC2)cc1. The predicted molar refractivity (Wildman–Crippen MR) is 84.6 cm³/mol. The van der Waals surface area contributed by atoms with Crippen LogP contribution in [0.5, 0.6) is 5.75 Å². The van der Waals surface area contributed by atoms with Gasteiger partial charge in [-0.05, 0) is 63.2 Å². The van der Waals surface area contributed by atoms with E-state index in [-0.39, 0.29) is 12.5 Å². The quantitative estimate of drug-likeness (QED) is 0.782. The van der Waals surface area contributed by atoms with Gasteiger partial charge in [0, 0.05) is 6.54 Å². The van der Waals surface area contributed by atoms with Crippen molar-refractivity contribution in [1.82, 2.24) is 10.2 Å². The fraction of sp³-hybridized carbons (Fsp3) is 0.529. The van der Waals surface area contributed by atoms with Gasteiger partial charge in [-0.1, -0.05) is 6.42 Å². The van der Waals surface area contributed by atoms with Crippen molar-refractivity contribution in [2.75, 3.05) is 32.8 Å². The maximum Gasteiger partial charge on any atom is 0.257 e. The Bertz CT molecular complexity index is 502. The van der Waals surface area contributed by atoms with E-state index in [0.29, 0.717) is 17.9 Å². The molecule has 1 fully saturated rings. The van der Waals surface area contributed by atoms with Crippen molar-refractivity contribution >= 4 is 5.91 Å². The van der Waals surface area contributed by atoms with Gasteiger partial charge in [-0.3, -0.25) is 4.79 Å². The van der Waals surface area contributed by atoms with Crippen LogP contribution >= 0.6 is 0 Å². The van der Waals surface area contributed by atoms with E-state index in [4.69, 9.17) is 10.00 Å². The molecule has 0 unspecified atom stereocenters. The second-order valence-corrected chi connectivity index (χ2v) is 5.53. The number of carbonyl (C=O) groups is 1. The third-order valence-electron chi connectivity index (χ3n) is 3.78. The Morgan fingerprint density at radius 2 is 1.95 bits per heavy atom. The van der Waals surface area contributed by atoms with Gasteiger partial charge in [0.1, 0.15) is 5.75 Å². The van der Waals surface area contributed by atoms with Gasteiger partial charge in [0.2, 0.25) is 0 Å². The van der Waals surface area contributed by atoms with Gasteiger partial charge in [-0.25, -0.2) is 0 Å². The van der Waals surface area contributed by atoms with Crippen LogP contribution in [0.1, 0.15) is 31.2 Å². The van der Waals surface area contributed by atoms with E-state index in [2.05, 4.69) is 10.2 Å². The van der Waals surface area contributed by atoms with E-state index in [0.717, 1.165) is 13.0 Å². The molecule has 1 aromatic carbocycles. The number of likely N-dealkylation sites (tertiary alicyclic amines) is 1. The zero-order valence-corrected chi connectivity index (χ0v) is 12.9. The van der Waals surface area contributed by atoms with Crippen molar-refractivity contribution in [3.8, 4) is 11.8 Å². The fourth-order valence-electron chi connectivity index (χ4n) is 2.54. The number of amides is 1. The standard InChI is InChI=1S/C17H23N3O2/c18-13-15-5-7-16(8-6-15)22-14-17(21)19-9-4-12-20-10-2-1-3-11-20/h5-8H,1-4,9-12,14H2,(H,19,21). The maximum absolute atomic E-state index is 11.7. The van der Waals surface area contributed by atoms with Crippen LogP contribution in [0.2, 0.25) is 0 Å². The van der Waals surface area contributed by atoms with Crippen molar-refractivity contribution in [2.45, 2.75) is 25.7 Å². The molecule has 0 radical (unpaired) electrons. The summed E-state index contributed by atoms with van der Waals surface area (Å²) in [5.41, 5.74) is 0.578. The monoisotopic (exact) mass is 301 g/mol. The normalized spacial score (nSPS) is 15.0. The van der Waals surface area contributed by atoms with Gasteiger partial charge in [-0.15, -0.1) is 0 Å². The summed E-state index contributed by atoms with van der Waals surface area (Å²) in [7, 11) is 0. The molecule has 0 aromatic heterocycles. The third kappa shape index (κ3) is 5.74. The summed E-state index contributed by atoms with van der Waals surface area (Å²) in [6, 6.07) is 8.78. The minimum atomic E-state index is -0.108. The number of nitriles is 1. The summed E-state index contributed by atoms with van der Waals surface area (Å²) < 4.78 is 5.38. The number of carbonyl (C=O) groups excluding carboxylic acids is 1. The average molecular weight is 301 g/mol. The topological polar surface area (TPSA) is 65.4 Å². The Hall–Kier alpha value is -2.06. The Morgan fingerprint density at radius 3 is 2.64 bits per heavy atom. The molecule has 1 amide bonds. The van der Waals surface area contributed by atoms with E-state index in [1.165, 1.54) is 32.4 Å². The first-order valence-electron chi connectivity index (χ1n) is 7.90. The second-order valence-electron chi connectivity index (χ2n) is 5.53. The van der Waals surface area contributed by atoms with Crippen LogP contribution in [0.4, 0.5) is 0 Å². The molecule has 118 valence electrons. The van der Waals surface area contributed by atoms with Gasteiger partial charge in [0.05, 0.1) is 11.6 Å². The highest BCUT2D eigenvalue weighted by Crippen LogP contribution is 2.11. The number of hydrogen-bond donors (Lipinski definition) is 1. The minimum absolute atomic E-state index is 0.00954. The molecule has 0 spiro atoms. The number of rotatable bonds is 7. The molecule has 5 nitrogen and oxygen atoms in total. The molecule has 22 heavy (non-hydrogen) atoms. The molecule has 0 saturated carbocycles. The lowest BCUT2D eigenvalue weighted by atomic mass is 10.1. The molecule has 0 aliphatic carbocycles. The van der Waals surface area contributed by atoms with Crippen LogP contribution in [0.15, 0.2) is 24.3 Å². The molecule has 1 N–H and O–H groups in total. The van der Waals surface area contributed by atoms with Crippen molar-refractivity contribution in [2.24, 2.45) is 0 Å². The lowest BCUT2D eigenvalue weighted by Gasteiger charge is -2.26.